The molecule has 0 unspecified atom stereocenters. The van der Waals surface area contributed by atoms with Crippen LogP contribution < -0.4 is 56.7 Å². The fourth-order valence-corrected chi connectivity index (χ4v) is 0.946. The Balaban J connectivity index is 0. The van der Waals surface area contributed by atoms with E-state index in [2.05, 4.69) is 12.2 Å². The summed E-state index contributed by atoms with van der Waals surface area (Å²) >= 11 is 0. The van der Waals surface area contributed by atoms with Crippen molar-refractivity contribution in [2.24, 2.45) is 0 Å². The van der Waals surface area contributed by atoms with Gasteiger partial charge in [-0.25, -0.2) is 0 Å². The molecule has 0 aliphatic heterocycles. The van der Waals surface area contributed by atoms with E-state index < -0.39 is 0 Å². The van der Waals surface area contributed by atoms with Crippen LogP contribution in [-0.2, 0) is 4.79 Å². The zero-order chi connectivity index (χ0) is 8.97. The first kappa shape index (κ1) is 16.7. The number of carbonyl (C=O) groups is 1. The zero-order valence-electron chi connectivity index (χ0n) is 9.13. The molecular formula is C11H15KNO-. The van der Waals surface area contributed by atoms with Gasteiger partial charge in [0.1, 0.15) is 0 Å². The molecule has 0 saturated carbocycles. The molecule has 1 amide bonds. The van der Waals surface area contributed by atoms with Gasteiger partial charge in [0.05, 0.1) is 0 Å². The zero-order valence-corrected chi connectivity index (χ0v) is 12.3. The van der Waals surface area contributed by atoms with E-state index in [1.807, 2.05) is 31.2 Å². The maximum atomic E-state index is 10.9. The van der Waals surface area contributed by atoms with Crippen LogP contribution in [0.25, 0.3) is 0 Å². The molecule has 3 heteroatoms. The van der Waals surface area contributed by atoms with Crippen LogP contribution in [0.1, 0.15) is 12.0 Å². The summed E-state index contributed by atoms with van der Waals surface area (Å²) in [6, 6.07) is 7.68. The average molecular weight is 216 g/mol. The molecule has 0 aliphatic rings. The van der Waals surface area contributed by atoms with Gasteiger partial charge in [0.2, 0.25) is 0 Å². The van der Waals surface area contributed by atoms with E-state index in [1.165, 1.54) is 0 Å². The molecule has 14 heavy (non-hydrogen) atoms. The Hall–Kier alpha value is 0.326. The van der Waals surface area contributed by atoms with Crippen molar-refractivity contribution < 1.29 is 56.2 Å². The minimum atomic E-state index is -0.0550. The van der Waals surface area contributed by atoms with Crippen molar-refractivity contribution in [2.75, 3.05) is 5.32 Å². The second-order valence-electron chi connectivity index (χ2n) is 2.67. The molecule has 0 radical (unpaired) electrons. The summed E-state index contributed by atoms with van der Waals surface area (Å²) in [5, 5.41) is 2.73. The Morgan fingerprint density at radius 2 is 2.14 bits per heavy atom. The third kappa shape index (κ3) is 5.93. The Labute approximate surface area is 129 Å². The van der Waals surface area contributed by atoms with Gasteiger partial charge in [-0.05, 0) is 24.6 Å². The van der Waals surface area contributed by atoms with Crippen LogP contribution in [-0.4, -0.2) is 5.91 Å². The monoisotopic (exact) mass is 216 g/mol. The Morgan fingerprint density at radius 3 is 2.64 bits per heavy atom. The molecule has 72 valence electrons. The second kappa shape index (κ2) is 8.62. The van der Waals surface area contributed by atoms with E-state index in [0.717, 1.165) is 11.3 Å². The van der Waals surface area contributed by atoms with Crippen molar-refractivity contribution in [1.82, 2.24) is 0 Å². The van der Waals surface area contributed by atoms with Crippen molar-refractivity contribution in [3.05, 3.63) is 44.2 Å². The molecule has 1 rings (SSSR count). The summed E-state index contributed by atoms with van der Waals surface area (Å²) < 4.78 is 0. The number of hydrogen-bond acceptors (Lipinski definition) is 1. The summed E-state index contributed by atoms with van der Waals surface area (Å²) in [4.78, 5) is 10.9. The van der Waals surface area contributed by atoms with E-state index in [9.17, 15) is 4.79 Å². The van der Waals surface area contributed by atoms with Crippen LogP contribution in [0.5, 0.6) is 0 Å². The summed E-state index contributed by atoms with van der Waals surface area (Å²) in [6.45, 7) is 5.48. The fourth-order valence-electron chi connectivity index (χ4n) is 0.946. The van der Waals surface area contributed by atoms with Gasteiger partial charge in [0.15, 0.2) is 5.91 Å². The van der Waals surface area contributed by atoms with E-state index in [-0.39, 0.29) is 71.1 Å². The SMILES string of the molecule is [CH2-]CC(=O)Nc1cccc(C)c1.[CH3-].[K+]. The molecule has 0 aromatic heterocycles. The van der Waals surface area contributed by atoms with Crippen LogP contribution in [0.2, 0.25) is 0 Å². The van der Waals surface area contributed by atoms with Gasteiger partial charge < -0.3 is 19.7 Å². The summed E-state index contributed by atoms with van der Waals surface area (Å²) in [5.41, 5.74) is 1.97. The van der Waals surface area contributed by atoms with E-state index in [1.54, 1.807) is 0 Å². The van der Waals surface area contributed by atoms with Gasteiger partial charge >= 0.3 is 51.4 Å². The molecule has 0 heterocycles. The Morgan fingerprint density at radius 1 is 1.50 bits per heavy atom. The van der Waals surface area contributed by atoms with Gasteiger partial charge in [-0.3, -0.25) is 4.79 Å². The third-order valence-corrected chi connectivity index (χ3v) is 1.53. The second-order valence-corrected chi connectivity index (χ2v) is 2.67. The third-order valence-electron chi connectivity index (χ3n) is 1.53. The minimum Gasteiger partial charge on any atom is -0.358 e. The van der Waals surface area contributed by atoms with Crippen LogP contribution in [0.4, 0.5) is 5.69 Å². The Bertz CT molecular complexity index is 286. The average Bonchev–Trinajstić information content (AvgIpc) is 2.04. The summed E-state index contributed by atoms with van der Waals surface area (Å²) in [6.07, 6.45) is 0.272. The molecule has 1 aromatic carbocycles. The van der Waals surface area contributed by atoms with Crippen molar-refractivity contribution in [3.8, 4) is 0 Å². The van der Waals surface area contributed by atoms with E-state index >= 15 is 0 Å². The number of hydrogen-bond donors (Lipinski definition) is 1. The molecule has 0 aliphatic carbocycles. The largest absolute Gasteiger partial charge is 1.00 e. The molecule has 0 saturated heterocycles. The molecule has 0 bridgehead atoms. The Kier molecular flexibility index (Phi) is 10.3. The topological polar surface area (TPSA) is 29.1 Å². The van der Waals surface area contributed by atoms with Gasteiger partial charge in [0.25, 0.3) is 0 Å². The number of carbonyl (C=O) groups excluding carboxylic acids is 1. The number of benzene rings is 1. The van der Waals surface area contributed by atoms with Crippen LogP contribution >= 0.6 is 0 Å². The van der Waals surface area contributed by atoms with Gasteiger partial charge in [-0.1, -0.05) is 12.1 Å². The van der Waals surface area contributed by atoms with Crippen molar-refractivity contribution >= 4 is 11.6 Å². The molecule has 1 N–H and O–H groups in total. The quantitative estimate of drug-likeness (QED) is 0.529. The predicted octanol–water partition coefficient (Wildman–Crippen LogP) is -0.388. The molecule has 2 nitrogen and oxygen atoms in total. The first-order valence-corrected chi connectivity index (χ1v) is 3.88. The van der Waals surface area contributed by atoms with Crippen LogP contribution in [0.3, 0.4) is 0 Å². The number of rotatable bonds is 2. The summed E-state index contributed by atoms with van der Waals surface area (Å²) in [5.74, 6) is -0.0550. The van der Waals surface area contributed by atoms with Gasteiger partial charge in [-0.15, -0.1) is 6.42 Å². The molecular weight excluding hydrogens is 201 g/mol. The molecule has 0 atom stereocenters. The van der Waals surface area contributed by atoms with Gasteiger partial charge in [-0.2, -0.15) is 0 Å². The van der Waals surface area contributed by atoms with Crippen LogP contribution in [0, 0.1) is 21.3 Å². The standard InChI is InChI=1S/C10H12NO.CH3.K/c1-3-10(12)11-9-6-4-5-8(2)7-9;;/h4-7H,1,3H2,2H3,(H,11,12);1H3;/q2*-1;+1. The number of anilines is 1. The predicted molar refractivity (Wildman–Crippen MR) is 56.2 cm³/mol. The molecule has 1 aromatic rings. The van der Waals surface area contributed by atoms with Crippen molar-refractivity contribution in [3.63, 3.8) is 0 Å². The summed E-state index contributed by atoms with van der Waals surface area (Å²) in [7, 11) is 0. The number of aryl methyl sites for hydroxylation is 1. The number of amides is 1. The molecule has 0 spiro atoms. The van der Waals surface area contributed by atoms with E-state index in [4.69, 9.17) is 0 Å². The normalized spacial score (nSPS) is 8.14. The first-order valence-electron chi connectivity index (χ1n) is 3.88. The molecule has 0 fully saturated rings. The minimum absolute atomic E-state index is 0. The first-order chi connectivity index (χ1) is 5.72. The number of nitrogens with one attached hydrogen (secondary N) is 1. The van der Waals surface area contributed by atoms with Gasteiger partial charge in [0, 0.05) is 5.69 Å². The fraction of sp³-hybridized carbons (Fsp3) is 0.182. The van der Waals surface area contributed by atoms with Crippen molar-refractivity contribution in [1.29, 1.82) is 0 Å². The van der Waals surface area contributed by atoms with E-state index in [0.29, 0.717) is 0 Å². The smallest absolute Gasteiger partial charge is 0.358 e. The maximum absolute atomic E-state index is 10.9. The van der Waals surface area contributed by atoms with Crippen LogP contribution in [0.15, 0.2) is 24.3 Å². The van der Waals surface area contributed by atoms with Crippen molar-refractivity contribution in [2.45, 2.75) is 13.3 Å². The maximum Gasteiger partial charge on any atom is 1.00 e.